The van der Waals surface area contributed by atoms with Crippen LogP contribution in [0.4, 0.5) is 17.1 Å². The molecule has 1 saturated heterocycles. The maximum Gasteiger partial charge on any atom is 0.326 e. The third-order valence-electron chi connectivity index (χ3n) is 22.2. The van der Waals surface area contributed by atoms with Crippen LogP contribution >= 0.6 is 22.3 Å². The quantitative estimate of drug-likeness (QED) is 0.00762. The van der Waals surface area contributed by atoms with Gasteiger partial charge in [0.05, 0.1) is 87.2 Å². The molecule has 7 heterocycles. The number of hydrogen-bond acceptors (Lipinski definition) is 27. The summed E-state index contributed by atoms with van der Waals surface area (Å²) in [4.78, 5) is 104. The van der Waals surface area contributed by atoms with Gasteiger partial charge in [0.25, 0.3) is 0 Å². The molecule has 39 heteroatoms. The van der Waals surface area contributed by atoms with E-state index >= 15 is 0 Å². The van der Waals surface area contributed by atoms with Crippen molar-refractivity contribution < 1.29 is 85.1 Å². The molecular formula is C83H135N18O18P3. The average Bonchev–Trinajstić information content (AvgIpc) is 1.56. The van der Waals surface area contributed by atoms with Crippen molar-refractivity contribution in [2.24, 2.45) is 0 Å². The lowest BCUT2D eigenvalue weighted by Crippen LogP contribution is -2.51. The highest BCUT2D eigenvalue weighted by atomic mass is 31.2. The molecule has 0 amide bonds. The summed E-state index contributed by atoms with van der Waals surface area (Å²) in [5.41, 5.74) is 19.4. The number of nitrogens with one attached hydrogen (secondary N) is 5. The van der Waals surface area contributed by atoms with Gasteiger partial charge >= 0.3 is 35.8 Å². The molecule has 122 heavy (non-hydrogen) atoms. The molecular weight excluding hydrogens is 1630 g/mol. The van der Waals surface area contributed by atoms with Gasteiger partial charge in [-0.05, 0) is 216 Å². The summed E-state index contributed by atoms with van der Waals surface area (Å²) in [5.74, 6) is -2.86. The van der Waals surface area contributed by atoms with E-state index in [0.717, 1.165) is 141 Å². The molecule has 0 spiro atoms. The number of hydrogen-bond donors (Lipinski definition) is 8. The topological polar surface area (TPSA) is 470 Å². The lowest BCUT2D eigenvalue weighted by Gasteiger charge is -2.37. The number of aromatic nitrogens is 9. The van der Waals surface area contributed by atoms with E-state index in [1.54, 1.807) is 116 Å². The number of unbranched alkanes of at least 4 members (excludes halogenated alkanes) is 4. The Morgan fingerprint density at radius 3 is 1.17 bits per heavy atom. The maximum atomic E-state index is 14.8. The fraction of sp³-hybridized carbons (Fsp3) is 0.711. The minimum atomic E-state index is -3.69. The van der Waals surface area contributed by atoms with Crippen LogP contribution in [0.3, 0.4) is 0 Å². The number of carbonyl (C=O) groups is 6. The second-order valence-electron chi connectivity index (χ2n) is 34.7. The number of carbonyl (C=O) groups excluding carboxylic acids is 6. The van der Waals surface area contributed by atoms with Gasteiger partial charge in [0.2, 0.25) is 22.3 Å². The van der Waals surface area contributed by atoms with E-state index in [9.17, 15) is 42.5 Å². The molecule has 0 radical (unpaired) electrons. The van der Waals surface area contributed by atoms with Gasteiger partial charge in [0.1, 0.15) is 94.8 Å². The lowest BCUT2D eigenvalue weighted by atomic mass is 9.96. The first-order valence-electron chi connectivity index (χ1n) is 43.6. The highest BCUT2D eigenvalue weighted by molar-refractivity contribution is 7.60. The van der Waals surface area contributed by atoms with Crippen LogP contribution in [0.15, 0.2) is 55.8 Å². The van der Waals surface area contributed by atoms with Crippen molar-refractivity contribution in [1.82, 2.24) is 73.7 Å². The SMILES string of the molecule is CCCCCOC(=O)[C@H]1CCCN1P(=O)(CO[C@H](C)Cn1cnc2c(N)ccnc21)NC(C)(C)C(=O)OCCCCC.C[C@H](Cn1cnc2c(N)ccnc21)OCP(=O)(N[C@H](C)C(=O)OC1CCCC1)NC(C)(C)C(=O)OC1CCC1.C[C@H](Cn1cnc2c(N)ccnc21)OCP(=O)(N[C@H](C)C(=O)OC1CCCC1)NC(C)(C)C(=O)OC1CCCCC1. The standard InChI is InChI=1S/C29H49N6O6P.C28H45N6O6P.C26H41N6O6P/c1-6-8-10-17-39-27(36)24-13-12-16-35(24)42(38,33-29(4,5)28(37)40-18-11-9-7-2)21-41-22(3)19-34-20-32-25-23(30)14-15-31-26(25)34;1-19(16-34-17-31-24-23(29)14-15-30-25(24)34)38-18-41(37,32-20(2)26(35)39-21-12-8-9-13-21)33-28(3,4)27(36)40-22-10-6-5-7-11-22;1-17(14-32-15-29-22-21(27)12-13-28-23(22)32)36-16-39(35,30-18(2)24(33)37-19-8-5-6-9-19)31-26(3,4)25(34)38-20-10-7-11-20/h14-15,20,22,24H,6-13,16-19,21H2,1-5H3,(H2,30,31)(H,33,38);14-15,17,19-22H,5-13,16,18H2,1-4H3,(H2,29,30)(H2,32,33,37);12-13,15,17-20H,5-11,14,16H2,1-4H3,(H2,27,28)(H2,30,31,35)/t22-,24-,42?;19-,20-,41?;17-,18-,39?/m111/s1. The Morgan fingerprint density at radius 1 is 0.443 bits per heavy atom. The van der Waals surface area contributed by atoms with Crippen LogP contribution in [0.5, 0.6) is 0 Å². The largest absolute Gasteiger partial charge is 0.465 e. The molecule has 1 aliphatic heterocycles. The Hall–Kier alpha value is -7.59. The van der Waals surface area contributed by atoms with Gasteiger partial charge in [-0.25, -0.2) is 60.0 Å². The Labute approximate surface area is 717 Å². The summed E-state index contributed by atoms with van der Waals surface area (Å²) in [6.45, 7) is 24.8. The van der Waals surface area contributed by atoms with Crippen molar-refractivity contribution in [3.8, 4) is 0 Å². The van der Waals surface area contributed by atoms with Crippen LogP contribution in [-0.4, -0.2) is 200 Å². The van der Waals surface area contributed by atoms with Gasteiger partial charge in [-0.1, -0.05) is 46.0 Å². The fourth-order valence-corrected chi connectivity index (χ4v) is 22.8. The average molecular weight is 1770 g/mol. The number of esters is 6. The van der Waals surface area contributed by atoms with E-state index in [1.165, 1.54) is 0 Å². The van der Waals surface area contributed by atoms with Crippen molar-refractivity contribution >= 4 is 109 Å². The molecule has 4 saturated carbocycles. The van der Waals surface area contributed by atoms with E-state index in [2.05, 4.69) is 69.2 Å². The number of nitrogen functional groups attached to an aromatic ring is 3. The molecule has 11 N–H and O–H groups in total. The summed E-state index contributed by atoms with van der Waals surface area (Å²) in [5, 5.41) is 14.8. The second kappa shape index (κ2) is 45.5. The van der Waals surface area contributed by atoms with Gasteiger partial charge in [-0.3, -0.25) is 42.5 Å². The molecule has 9 atom stereocenters. The van der Waals surface area contributed by atoms with Gasteiger partial charge in [0.15, 0.2) is 16.9 Å². The van der Waals surface area contributed by atoms with Gasteiger partial charge in [-0.15, -0.1) is 0 Å². The number of nitrogens with zero attached hydrogens (tertiary/aromatic N) is 10. The highest BCUT2D eigenvalue weighted by Crippen LogP contribution is 2.52. The zero-order valence-electron chi connectivity index (χ0n) is 73.7. The van der Waals surface area contributed by atoms with Gasteiger partial charge in [-0.2, -0.15) is 0 Å². The molecule has 0 bridgehead atoms. The number of imidazole rings is 3. The first kappa shape index (κ1) is 98.2. The predicted octanol–water partition coefficient (Wildman–Crippen LogP) is 12.6. The lowest BCUT2D eigenvalue weighted by molar-refractivity contribution is -0.159. The van der Waals surface area contributed by atoms with E-state index in [-0.39, 0.29) is 43.5 Å². The Morgan fingerprint density at radius 2 is 0.795 bits per heavy atom. The zero-order chi connectivity index (χ0) is 88.6. The third-order valence-corrected chi connectivity index (χ3v) is 29.4. The summed E-state index contributed by atoms with van der Waals surface area (Å²) >= 11 is 0. The van der Waals surface area contributed by atoms with Crippen molar-refractivity contribution in [1.29, 1.82) is 0 Å². The molecule has 6 aromatic heterocycles. The van der Waals surface area contributed by atoms with Crippen molar-refractivity contribution in [3.05, 3.63) is 55.8 Å². The maximum absolute atomic E-state index is 14.8. The molecule has 5 fully saturated rings. The molecule has 36 nitrogen and oxygen atoms in total. The normalized spacial score (nSPS) is 19.3. The summed E-state index contributed by atoms with van der Waals surface area (Å²) in [6.07, 6.45) is 28.9. The Kier molecular flexibility index (Phi) is 36.7. The molecule has 5 aliphatic rings. The van der Waals surface area contributed by atoms with Crippen LogP contribution in [0.1, 0.15) is 244 Å². The number of ether oxygens (including phenoxy) is 9. The third kappa shape index (κ3) is 28.5. The van der Waals surface area contributed by atoms with E-state index in [4.69, 9.17) is 59.8 Å². The number of fused-ring (bicyclic) bond motifs is 3. The molecule has 11 rings (SSSR count). The van der Waals surface area contributed by atoms with E-state index in [0.29, 0.717) is 103 Å². The highest BCUT2D eigenvalue weighted by Gasteiger charge is 2.49. The number of pyridine rings is 3. The van der Waals surface area contributed by atoms with E-state index < -0.39 is 111 Å². The summed E-state index contributed by atoms with van der Waals surface area (Å²) in [7, 11) is -11.0. The van der Waals surface area contributed by atoms with Crippen LogP contribution in [-0.2, 0) is 105 Å². The van der Waals surface area contributed by atoms with Crippen LogP contribution < -0.4 is 42.6 Å². The molecule has 0 aromatic carbocycles. The number of nitrogens with two attached hydrogens (primary N) is 3. The monoisotopic (exact) mass is 1760 g/mol. The molecule has 6 aromatic rings. The van der Waals surface area contributed by atoms with Crippen molar-refractivity contribution in [2.75, 3.05) is 56.0 Å². The van der Waals surface area contributed by atoms with Crippen LogP contribution in [0.25, 0.3) is 33.5 Å². The van der Waals surface area contributed by atoms with Gasteiger partial charge < -0.3 is 73.5 Å². The predicted molar refractivity (Wildman–Crippen MR) is 466 cm³/mol. The molecule has 680 valence electrons. The first-order chi connectivity index (χ1) is 57.9. The Bertz CT molecular complexity index is 4560. The smallest absolute Gasteiger partial charge is 0.326 e. The zero-order valence-corrected chi connectivity index (χ0v) is 76.4. The summed E-state index contributed by atoms with van der Waals surface area (Å²) < 4.78 is 102. The van der Waals surface area contributed by atoms with Crippen LogP contribution in [0.2, 0.25) is 0 Å². The van der Waals surface area contributed by atoms with E-state index in [1.807, 2.05) is 34.5 Å². The van der Waals surface area contributed by atoms with Crippen molar-refractivity contribution in [2.45, 2.75) is 341 Å². The molecule has 4 aliphatic carbocycles. The number of anilines is 3. The first-order valence-corrected chi connectivity index (χ1v) is 49.2. The van der Waals surface area contributed by atoms with Crippen molar-refractivity contribution in [3.63, 3.8) is 0 Å². The minimum Gasteiger partial charge on any atom is -0.465 e. The fourth-order valence-electron chi connectivity index (χ4n) is 15.1. The van der Waals surface area contributed by atoms with Crippen LogP contribution in [0, 0.1) is 0 Å². The van der Waals surface area contributed by atoms with Gasteiger partial charge in [0, 0.05) is 25.1 Å². The summed E-state index contributed by atoms with van der Waals surface area (Å²) in [6, 6.07) is 2.61. The number of rotatable bonds is 44. The molecule has 3 unspecified atom stereocenters. The second-order valence-corrected chi connectivity index (χ2v) is 41.5. The minimum absolute atomic E-state index is 0.116. The Balaban J connectivity index is 0.000000208.